The molecule has 0 aliphatic heterocycles. The molecule has 21 heavy (non-hydrogen) atoms. The van der Waals surface area contributed by atoms with Crippen LogP contribution in [0.25, 0.3) is 6.08 Å². The standard InChI is InChI=1S/C18H18ClNO/c1-13(2)14-7-10-16(11-8-14)20-18(21)12-9-15-5-3-4-6-17(15)19/h3-13H,1-2H3,(H,20,21)/b12-9-. The first-order chi connectivity index (χ1) is 10.1. The summed E-state index contributed by atoms with van der Waals surface area (Å²) in [4.78, 5) is 11.9. The first-order valence-electron chi connectivity index (χ1n) is 6.90. The van der Waals surface area contributed by atoms with E-state index in [2.05, 4.69) is 19.2 Å². The molecule has 2 nitrogen and oxygen atoms in total. The Morgan fingerprint density at radius 2 is 1.76 bits per heavy atom. The highest BCUT2D eigenvalue weighted by molar-refractivity contribution is 6.32. The van der Waals surface area contributed by atoms with E-state index in [4.69, 9.17) is 11.6 Å². The molecule has 2 rings (SSSR count). The second-order valence-corrected chi connectivity index (χ2v) is 5.53. The number of nitrogens with one attached hydrogen (secondary N) is 1. The van der Waals surface area contributed by atoms with Crippen molar-refractivity contribution in [2.24, 2.45) is 0 Å². The first-order valence-corrected chi connectivity index (χ1v) is 7.27. The van der Waals surface area contributed by atoms with Gasteiger partial charge in [-0.2, -0.15) is 0 Å². The molecule has 0 aromatic heterocycles. The Morgan fingerprint density at radius 3 is 2.38 bits per heavy atom. The van der Waals surface area contributed by atoms with Crippen molar-refractivity contribution in [1.29, 1.82) is 0 Å². The van der Waals surface area contributed by atoms with Crippen molar-refractivity contribution in [1.82, 2.24) is 0 Å². The summed E-state index contributed by atoms with van der Waals surface area (Å²) < 4.78 is 0. The van der Waals surface area contributed by atoms with E-state index in [0.717, 1.165) is 11.3 Å². The highest BCUT2D eigenvalue weighted by Crippen LogP contribution is 2.18. The highest BCUT2D eigenvalue weighted by atomic mass is 35.5. The number of halogens is 1. The Balaban J connectivity index is 2.00. The predicted octanol–water partition coefficient (Wildman–Crippen LogP) is 5.12. The lowest BCUT2D eigenvalue weighted by Crippen LogP contribution is -2.07. The van der Waals surface area contributed by atoms with E-state index in [1.54, 1.807) is 12.1 Å². The molecule has 0 aliphatic rings. The predicted molar refractivity (Wildman–Crippen MR) is 89.6 cm³/mol. The van der Waals surface area contributed by atoms with Crippen LogP contribution in [0, 0.1) is 0 Å². The first kappa shape index (κ1) is 15.3. The van der Waals surface area contributed by atoms with Gasteiger partial charge >= 0.3 is 0 Å². The van der Waals surface area contributed by atoms with E-state index >= 15 is 0 Å². The third-order valence-electron chi connectivity index (χ3n) is 3.16. The maximum atomic E-state index is 11.9. The zero-order chi connectivity index (χ0) is 15.2. The van der Waals surface area contributed by atoms with Crippen LogP contribution in [0.1, 0.15) is 30.9 Å². The van der Waals surface area contributed by atoms with Crippen LogP contribution in [0.4, 0.5) is 5.69 Å². The van der Waals surface area contributed by atoms with E-state index < -0.39 is 0 Å². The van der Waals surface area contributed by atoms with Crippen LogP contribution in [-0.2, 0) is 4.79 Å². The largest absolute Gasteiger partial charge is 0.323 e. The summed E-state index contributed by atoms with van der Waals surface area (Å²) in [6.07, 6.45) is 3.19. The maximum Gasteiger partial charge on any atom is 0.248 e. The lowest BCUT2D eigenvalue weighted by Gasteiger charge is -2.07. The van der Waals surface area contributed by atoms with E-state index in [1.807, 2.05) is 42.5 Å². The van der Waals surface area contributed by atoms with Crippen molar-refractivity contribution >= 4 is 29.3 Å². The smallest absolute Gasteiger partial charge is 0.248 e. The van der Waals surface area contributed by atoms with Gasteiger partial charge in [-0.15, -0.1) is 0 Å². The van der Waals surface area contributed by atoms with E-state index in [9.17, 15) is 4.79 Å². The molecule has 0 saturated carbocycles. The summed E-state index contributed by atoms with van der Waals surface area (Å²) in [7, 11) is 0. The molecule has 0 bridgehead atoms. The van der Waals surface area contributed by atoms with Gasteiger partial charge in [0, 0.05) is 16.8 Å². The van der Waals surface area contributed by atoms with Gasteiger partial charge < -0.3 is 5.32 Å². The minimum Gasteiger partial charge on any atom is -0.323 e. The molecule has 1 N–H and O–H groups in total. The topological polar surface area (TPSA) is 29.1 Å². The molecule has 0 atom stereocenters. The van der Waals surface area contributed by atoms with Crippen LogP contribution in [0.3, 0.4) is 0 Å². The van der Waals surface area contributed by atoms with E-state index in [1.165, 1.54) is 11.6 Å². The van der Waals surface area contributed by atoms with Crippen LogP contribution in [-0.4, -0.2) is 5.91 Å². The van der Waals surface area contributed by atoms with Crippen LogP contribution in [0.5, 0.6) is 0 Å². The maximum absolute atomic E-state index is 11.9. The molecule has 3 heteroatoms. The average molecular weight is 300 g/mol. The third-order valence-corrected chi connectivity index (χ3v) is 3.51. The van der Waals surface area contributed by atoms with Crippen LogP contribution < -0.4 is 5.32 Å². The molecule has 0 heterocycles. The number of benzene rings is 2. The number of carbonyl (C=O) groups excluding carboxylic acids is 1. The second kappa shape index (κ2) is 7.09. The van der Waals surface area contributed by atoms with Gasteiger partial charge in [-0.05, 0) is 41.3 Å². The van der Waals surface area contributed by atoms with Crippen molar-refractivity contribution in [2.45, 2.75) is 19.8 Å². The SMILES string of the molecule is CC(C)c1ccc(NC(=O)/C=C\c2ccccc2Cl)cc1. The van der Waals surface area contributed by atoms with Crippen molar-refractivity contribution in [3.05, 3.63) is 70.8 Å². The normalized spacial score (nSPS) is 11.0. The molecule has 2 aromatic carbocycles. The second-order valence-electron chi connectivity index (χ2n) is 5.12. The Labute approximate surface area is 130 Å². The fourth-order valence-corrected chi connectivity index (χ4v) is 2.11. The van der Waals surface area contributed by atoms with Gasteiger partial charge in [0.05, 0.1) is 0 Å². The summed E-state index contributed by atoms with van der Waals surface area (Å²) in [6, 6.07) is 15.3. The average Bonchev–Trinajstić information content (AvgIpc) is 2.47. The monoisotopic (exact) mass is 299 g/mol. The number of rotatable bonds is 4. The summed E-state index contributed by atoms with van der Waals surface area (Å²) in [6.45, 7) is 4.28. The Bertz CT molecular complexity index is 645. The molecule has 0 saturated heterocycles. The molecular weight excluding hydrogens is 282 g/mol. The summed E-state index contributed by atoms with van der Waals surface area (Å²) >= 11 is 6.03. The lowest BCUT2D eigenvalue weighted by molar-refractivity contribution is -0.111. The Morgan fingerprint density at radius 1 is 1.10 bits per heavy atom. The number of carbonyl (C=O) groups is 1. The van der Waals surface area contributed by atoms with Gasteiger partial charge in [-0.1, -0.05) is 55.8 Å². The van der Waals surface area contributed by atoms with Crippen LogP contribution >= 0.6 is 11.6 Å². The van der Waals surface area contributed by atoms with Gasteiger partial charge in [0.1, 0.15) is 0 Å². The molecule has 0 fully saturated rings. The van der Waals surface area contributed by atoms with Gasteiger partial charge in [0.25, 0.3) is 0 Å². The molecule has 108 valence electrons. The lowest BCUT2D eigenvalue weighted by atomic mass is 10.0. The fraction of sp³-hybridized carbons (Fsp3) is 0.167. The number of anilines is 1. The zero-order valence-corrected chi connectivity index (χ0v) is 12.9. The molecule has 0 unspecified atom stereocenters. The van der Waals surface area contributed by atoms with Crippen molar-refractivity contribution in [2.75, 3.05) is 5.32 Å². The summed E-state index contributed by atoms with van der Waals surface area (Å²) in [5.41, 5.74) is 2.86. The van der Waals surface area contributed by atoms with E-state index in [-0.39, 0.29) is 5.91 Å². The minimum absolute atomic E-state index is 0.174. The van der Waals surface area contributed by atoms with Crippen molar-refractivity contribution in [3.63, 3.8) is 0 Å². The fourth-order valence-electron chi connectivity index (χ4n) is 1.91. The molecule has 2 aromatic rings. The summed E-state index contributed by atoms with van der Waals surface area (Å²) in [5.74, 6) is 0.307. The molecule has 0 radical (unpaired) electrons. The van der Waals surface area contributed by atoms with Gasteiger partial charge in [-0.25, -0.2) is 0 Å². The van der Waals surface area contributed by atoms with Gasteiger partial charge in [-0.3, -0.25) is 4.79 Å². The third kappa shape index (κ3) is 4.47. The minimum atomic E-state index is -0.174. The Hall–Kier alpha value is -2.06. The molecular formula is C18H18ClNO. The summed E-state index contributed by atoms with van der Waals surface area (Å²) in [5, 5.41) is 3.46. The van der Waals surface area contributed by atoms with Crippen LogP contribution in [0.2, 0.25) is 5.02 Å². The van der Waals surface area contributed by atoms with E-state index in [0.29, 0.717) is 10.9 Å². The number of hydrogen-bond donors (Lipinski definition) is 1. The Kier molecular flexibility index (Phi) is 5.18. The van der Waals surface area contributed by atoms with Crippen LogP contribution in [0.15, 0.2) is 54.6 Å². The molecule has 1 amide bonds. The van der Waals surface area contributed by atoms with Gasteiger partial charge in [0.15, 0.2) is 0 Å². The number of hydrogen-bond acceptors (Lipinski definition) is 1. The van der Waals surface area contributed by atoms with Crippen molar-refractivity contribution in [3.8, 4) is 0 Å². The molecule has 0 aliphatic carbocycles. The highest BCUT2D eigenvalue weighted by Gasteiger charge is 2.01. The van der Waals surface area contributed by atoms with Crippen molar-refractivity contribution < 1.29 is 4.79 Å². The van der Waals surface area contributed by atoms with Gasteiger partial charge in [0.2, 0.25) is 5.91 Å². The number of amides is 1. The molecule has 0 spiro atoms. The zero-order valence-electron chi connectivity index (χ0n) is 12.1. The quantitative estimate of drug-likeness (QED) is 0.780.